The zero-order valence-electron chi connectivity index (χ0n) is 13.4. The van der Waals surface area contributed by atoms with Gasteiger partial charge >= 0.3 is 6.18 Å². The molecular weight excluding hydrogens is 275 g/mol. The van der Waals surface area contributed by atoms with Gasteiger partial charge in [-0.2, -0.15) is 13.2 Å². The van der Waals surface area contributed by atoms with Gasteiger partial charge in [-0.05, 0) is 43.9 Å². The van der Waals surface area contributed by atoms with Crippen molar-refractivity contribution in [2.24, 2.45) is 17.8 Å². The van der Waals surface area contributed by atoms with Crippen LogP contribution in [0.4, 0.5) is 13.2 Å². The first-order valence-electron chi connectivity index (χ1n) is 8.69. The van der Waals surface area contributed by atoms with E-state index in [4.69, 9.17) is 0 Å². The lowest BCUT2D eigenvalue weighted by molar-refractivity contribution is -0.189. The Bertz CT molecular complexity index is 314. The van der Waals surface area contributed by atoms with Crippen LogP contribution in [0.1, 0.15) is 71.6 Å². The number of nitrogens with one attached hydrogen (secondary N) is 1. The van der Waals surface area contributed by atoms with E-state index in [-0.39, 0.29) is 6.04 Å². The highest BCUT2D eigenvalue weighted by Gasteiger charge is 2.46. The highest BCUT2D eigenvalue weighted by molar-refractivity contribution is 4.89. The van der Waals surface area contributed by atoms with Gasteiger partial charge in [-0.15, -0.1) is 0 Å². The van der Waals surface area contributed by atoms with E-state index in [0.29, 0.717) is 30.7 Å². The minimum Gasteiger partial charge on any atom is -0.311 e. The molecule has 0 aromatic rings. The highest BCUT2D eigenvalue weighted by atomic mass is 19.4. The minimum atomic E-state index is -4.04. The first-order chi connectivity index (χ1) is 9.86. The van der Waals surface area contributed by atoms with E-state index in [1.807, 2.05) is 0 Å². The van der Waals surface area contributed by atoms with Crippen molar-refractivity contribution >= 4 is 0 Å². The molecule has 1 nitrogen and oxygen atoms in total. The number of hydrogen-bond acceptors (Lipinski definition) is 1. The Morgan fingerprint density at radius 2 is 1.71 bits per heavy atom. The summed E-state index contributed by atoms with van der Waals surface area (Å²) in [6.45, 7) is 4.47. The second kappa shape index (κ2) is 7.34. The number of rotatable bonds is 4. The van der Waals surface area contributed by atoms with Gasteiger partial charge in [0.15, 0.2) is 0 Å². The molecule has 0 aromatic carbocycles. The molecule has 1 N–H and O–H groups in total. The molecule has 0 spiro atoms. The van der Waals surface area contributed by atoms with Gasteiger partial charge in [-0.1, -0.05) is 39.5 Å². The topological polar surface area (TPSA) is 12.0 Å². The average Bonchev–Trinajstić information content (AvgIpc) is 2.37. The zero-order valence-corrected chi connectivity index (χ0v) is 13.4. The zero-order chi connectivity index (χ0) is 15.5. The van der Waals surface area contributed by atoms with Gasteiger partial charge in [0.2, 0.25) is 0 Å². The van der Waals surface area contributed by atoms with Crippen LogP contribution in [0.3, 0.4) is 0 Å². The molecule has 4 heteroatoms. The molecular formula is C17H30F3N. The molecule has 0 bridgehead atoms. The number of halogens is 3. The smallest absolute Gasteiger partial charge is 0.311 e. The van der Waals surface area contributed by atoms with Gasteiger partial charge in [-0.3, -0.25) is 0 Å². The van der Waals surface area contributed by atoms with E-state index in [0.717, 1.165) is 25.7 Å². The van der Waals surface area contributed by atoms with Crippen molar-refractivity contribution in [3.8, 4) is 0 Å². The summed E-state index contributed by atoms with van der Waals surface area (Å²) in [5.41, 5.74) is 0. The lowest BCUT2D eigenvalue weighted by Crippen LogP contribution is -2.50. The van der Waals surface area contributed by atoms with Crippen LogP contribution >= 0.6 is 0 Å². The van der Waals surface area contributed by atoms with Gasteiger partial charge in [0.05, 0.1) is 5.92 Å². The molecule has 0 amide bonds. The molecule has 124 valence electrons. The molecule has 2 aliphatic carbocycles. The summed E-state index contributed by atoms with van der Waals surface area (Å²) in [6, 6.07) is -0.0444. The van der Waals surface area contributed by atoms with E-state index in [1.165, 1.54) is 19.3 Å². The van der Waals surface area contributed by atoms with Crippen LogP contribution in [0.25, 0.3) is 0 Å². The van der Waals surface area contributed by atoms with E-state index >= 15 is 0 Å². The highest BCUT2D eigenvalue weighted by Crippen LogP contribution is 2.39. The Labute approximate surface area is 127 Å². The summed E-state index contributed by atoms with van der Waals surface area (Å²) in [7, 11) is 0. The van der Waals surface area contributed by atoms with Crippen molar-refractivity contribution in [2.45, 2.75) is 89.9 Å². The predicted octanol–water partition coefficient (Wildman–Crippen LogP) is 5.30. The SMILES string of the molecule is CC(C)CC1CCCC(NC2CCCCC2C(F)(F)F)C1. The van der Waals surface area contributed by atoms with Gasteiger partial charge in [0.25, 0.3) is 0 Å². The fourth-order valence-corrected chi connectivity index (χ4v) is 4.35. The molecule has 4 atom stereocenters. The summed E-state index contributed by atoms with van der Waals surface area (Å²) >= 11 is 0. The van der Waals surface area contributed by atoms with Crippen LogP contribution in [-0.2, 0) is 0 Å². The molecule has 0 aromatic heterocycles. The summed E-state index contributed by atoms with van der Waals surface area (Å²) < 4.78 is 39.5. The van der Waals surface area contributed by atoms with Crippen molar-refractivity contribution in [3.63, 3.8) is 0 Å². The monoisotopic (exact) mass is 305 g/mol. The standard InChI is InChI=1S/C17H30F3N/c1-12(2)10-13-6-5-7-14(11-13)21-16-9-4-3-8-15(16)17(18,19)20/h12-16,21H,3-11H2,1-2H3. The van der Waals surface area contributed by atoms with E-state index in [2.05, 4.69) is 19.2 Å². The summed E-state index contributed by atoms with van der Waals surface area (Å²) in [4.78, 5) is 0. The molecule has 0 saturated heterocycles. The maximum Gasteiger partial charge on any atom is 0.393 e. The first kappa shape index (κ1) is 17.1. The van der Waals surface area contributed by atoms with Crippen LogP contribution < -0.4 is 5.32 Å². The Kier molecular flexibility index (Phi) is 5.98. The molecule has 0 heterocycles. The van der Waals surface area contributed by atoms with Crippen LogP contribution in [0.2, 0.25) is 0 Å². The van der Waals surface area contributed by atoms with Crippen LogP contribution in [0, 0.1) is 17.8 Å². The molecule has 0 radical (unpaired) electrons. The Hall–Kier alpha value is -0.250. The van der Waals surface area contributed by atoms with Crippen molar-refractivity contribution in [1.29, 1.82) is 0 Å². The average molecular weight is 305 g/mol. The molecule has 2 aliphatic rings. The lowest BCUT2D eigenvalue weighted by Gasteiger charge is -2.39. The maximum atomic E-state index is 13.2. The largest absolute Gasteiger partial charge is 0.393 e. The Morgan fingerprint density at radius 1 is 1.00 bits per heavy atom. The predicted molar refractivity (Wildman–Crippen MR) is 80.1 cm³/mol. The van der Waals surface area contributed by atoms with Crippen molar-refractivity contribution in [3.05, 3.63) is 0 Å². The number of hydrogen-bond donors (Lipinski definition) is 1. The molecule has 21 heavy (non-hydrogen) atoms. The van der Waals surface area contributed by atoms with Crippen LogP contribution in [-0.4, -0.2) is 18.3 Å². The second-order valence-electron chi connectivity index (χ2n) is 7.56. The van der Waals surface area contributed by atoms with Gasteiger partial charge < -0.3 is 5.32 Å². The van der Waals surface area contributed by atoms with Crippen molar-refractivity contribution in [2.75, 3.05) is 0 Å². The summed E-state index contributed by atoms with van der Waals surface area (Å²) in [6.07, 6.45) is 4.38. The quantitative estimate of drug-likeness (QED) is 0.743. The molecule has 2 saturated carbocycles. The third-order valence-electron chi connectivity index (χ3n) is 5.22. The van der Waals surface area contributed by atoms with Gasteiger partial charge in [0, 0.05) is 12.1 Å². The van der Waals surface area contributed by atoms with Gasteiger partial charge in [0.1, 0.15) is 0 Å². The second-order valence-corrected chi connectivity index (χ2v) is 7.56. The lowest BCUT2D eigenvalue weighted by atomic mass is 9.79. The van der Waals surface area contributed by atoms with Crippen LogP contribution in [0.5, 0.6) is 0 Å². The van der Waals surface area contributed by atoms with E-state index in [1.54, 1.807) is 0 Å². The molecule has 4 unspecified atom stereocenters. The first-order valence-corrected chi connectivity index (χ1v) is 8.69. The molecule has 0 aliphatic heterocycles. The molecule has 2 rings (SSSR count). The minimum absolute atomic E-state index is 0.301. The van der Waals surface area contributed by atoms with E-state index < -0.39 is 12.1 Å². The Morgan fingerprint density at radius 3 is 2.38 bits per heavy atom. The third-order valence-corrected chi connectivity index (χ3v) is 5.22. The third kappa shape index (κ3) is 5.15. The van der Waals surface area contributed by atoms with Crippen molar-refractivity contribution in [1.82, 2.24) is 5.32 Å². The molecule has 2 fully saturated rings. The van der Waals surface area contributed by atoms with Gasteiger partial charge in [-0.25, -0.2) is 0 Å². The fourth-order valence-electron chi connectivity index (χ4n) is 4.35. The van der Waals surface area contributed by atoms with Crippen molar-refractivity contribution < 1.29 is 13.2 Å². The normalized spacial score (nSPS) is 35.1. The van der Waals surface area contributed by atoms with E-state index in [9.17, 15) is 13.2 Å². The fraction of sp³-hybridized carbons (Fsp3) is 1.00. The maximum absolute atomic E-state index is 13.2. The Balaban J connectivity index is 1.89. The van der Waals surface area contributed by atoms with Crippen LogP contribution in [0.15, 0.2) is 0 Å². The summed E-state index contributed by atoms with van der Waals surface area (Å²) in [5, 5.41) is 3.40. The summed E-state index contributed by atoms with van der Waals surface area (Å²) in [5.74, 6) is 0.257. The number of alkyl halides is 3.